The number of ether oxygens (including phenoxy) is 4. The van der Waals surface area contributed by atoms with Gasteiger partial charge in [0.05, 0.1) is 26.4 Å². The number of carbonyl (C=O) groups is 1. The van der Waals surface area contributed by atoms with Crippen molar-refractivity contribution in [2.45, 2.75) is 18.9 Å². The number of amidine groups is 1. The summed E-state index contributed by atoms with van der Waals surface area (Å²) in [6.07, 6.45) is 2.10. The maximum Gasteiger partial charge on any atom is 0.291 e. The average molecular weight is 336 g/mol. The smallest absolute Gasteiger partial charge is 0.291 e. The SMILES string of the molecule is COCCOC(=NC[C@H]1CCCO1)NC(=O)c1ccc(OC)cc1. The summed E-state index contributed by atoms with van der Waals surface area (Å²) in [5.74, 6) is 0.399. The van der Waals surface area contributed by atoms with Crippen molar-refractivity contribution in [3.05, 3.63) is 29.8 Å². The molecule has 0 bridgehead atoms. The van der Waals surface area contributed by atoms with Crippen LogP contribution in [0.1, 0.15) is 23.2 Å². The molecule has 1 N–H and O–H groups in total. The van der Waals surface area contributed by atoms with Gasteiger partial charge < -0.3 is 18.9 Å². The number of nitrogens with one attached hydrogen (secondary N) is 1. The van der Waals surface area contributed by atoms with Gasteiger partial charge in [0, 0.05) is 19.3 Å². The van der Waals surface area contributed by atoms with Crippen LogP contribution in [0.25, 0.3) is 0 Å². The summed E-state index contributed by atoms with van der Waals surface area (Å²) in [5.41, 5.74) is 0.496. The van der Waals surface area contributed by atoms with Crippen LogP contribution in [0, 0.1) is 0 Å². The maximum atomic E-state index is 12.3. The highest BCUT2D eigenvalue weighted by Gasteiger charge is 2.16. The zero-order chi connectivity index (χ0) is 17.2. The van der Waals surface area contributed by atoms with Crippen molar-refractivity contribution in [2.75, 3.05) is 40.6 Å². The number of aliphatic imine (C=N–C) groups is 1. The molecule has 0 spiro atoms. The summed E-state index contributed by atoms with van der Waals surface area (Å²) in [6.45, 7) is 1.95. The molecule has 24 heavy (non-hydrogen) atoms. The minimum Gasteiger partial charge on any atom is -0.497 e. The van der Waals surface area contributed by atoms with Crippen LogP contribution >= 0.6 is 0 Å². The first-order chi connectivity index (χ1) is 11.7. The number of nitrogens with zero attached hydrogens (tertiary/aromatic N) is 1. The van der Waals surface area contributed by atoms with E-state index < -0.39 is 0 Å². The Morgan fingerprint density at radius 1 is 1.29 bits per heavy atom. The molecule has 1 atom stereocenters. The van der Waals surface area contributed by atoms with E-state index >= 15 is 0 Å². The minimum absolute atomic E-state index is 0.0870. The first-order valence-corrected chi connectivity index (χ1v) is 7.96. The van der Waals surface area contributed by atoms with E-state index in [0.29, 0.717) is 31.1 Å². The third kappa shape index (κ3) is 5.82. The standard InChI is InChI=1S/C17H24N2O5/c1-21-10-11-24-17(18-12-15-4-3-9-23-15)19-16(20)13-5-7-14(22-2)8-6-13/h5-8,15H,3-4,9-12H2,1-2H3,(H,18,19,20)/t15-/m1/s1. The first kappa shape index (κ1) is 18.2. The minimum atomic E-state index is -0.291. The van der Waals surface area contributed by atoms with Crippen LogP contribution in [0.4, 0.5) is 0 Å². The number of amides is 1. The average Bonchev–Trinajstić information content (AvgIpc) is 3.13. The Balaban J connectivity index is 1.96. The summed E-state index contributed by atoms with van der Waals surface area (Å²) in [5, 5.41) is 2.69. The molecule has 0 aromatic heterocycles. The molecule has 1 aromatic carbocycles. The molecule has 1 heterocycles. The zero-order valence-corrected chi connectivity index (χ0v) is 14.1. The fourth-order valence-corrected chi connectivity index (χ4v) is 2.23. The molecule has 0 saturated carbocycles. The van der Waals surface area contributed by atoms with Gasteiger partial charge in [-0.3, -0.25) is 10.1 Å². The first-order valence-electron chi connectivity index (χ1n) is 7.96. The van der Waals surface area contributed by atoms with E-state index in [1.807, 2.05) is 0 Å². The van der Waals surface area contributed by atoms with E-state index in [2.05, 4.69) is 10.3 Å². The van der Waals surface area contributed by atoms with Crippen molar-refractivity contribution in [1.82, 2.24) is 5.32 Å². The Bertz CT molecular complexity index is 538. The van der Waals surface area contributed by atoms with Crippen LogP contribution in [0.3, 0.4) is 0 Å². The van der Waals surface area contributed by atoms with Crippen molar-refractivity contribution < 1.29 is 23.7 Å². The summed E-state index contributed by atoms with van der Waals surface area (Å²) >= 11 is 0. The van der Waals surface area contributed by atoms with Gasteiger partial charge in [-0.05, 0) is 37.1 Å². The van der Waals surface area contributed by atoms with E-state index in [9.17, 15) is 4.79 Å². The van der Waals surface area contributed by atoms with E-state index in [0.717, 1.165) is 19.4 Å². The van der Waals surface area contributed by atoms with Gasteiger partial charge >= 0.3 is 0 Å². The van der Waals surface area contributed by atoms with E-state index in [1.165, 1.54) is 0 Å². The Hall–Kier alpha value is -2.12. The molecule has 0 radical (unpaired) electrons. The Kier molecular flexibility index (Phi) is 7.51. The summed E-state index contributed by atoms with van der Waals surface area (Å²) in [7, 11) is 3.16. The van der Waals surface area contributed by atoms with Crippen LogP contribution in [-0.2, 0) is 14.2 Å². The second-order valence-corrected chi connectivity index (χ2v) is 5.30. The highest BCUT2D eigenvalue weighted by Crippen LogP contribution is 2.12. The van der Waals surface area contributed by atoms with Crippen molar-refractivity contribution in [3.63, 3.8) is 0 Å². The number of hydrogen-bond acceptors (Lipinski definition) is 6. The predicted octanol–water partition coefficient (Wildman–Crippen LogP) is 1.62. The molecule has 1 aliphatic rings. The molecule has 7 heteroatoms. The summed E-state index contributed by atoms with van der Waals surface area (Å²) in [6, 6.07) is 7.00. The van der Waals surface area contributed by atoms with Gasteiger partial charge in [-0.1, -0.05) is 0 Å². The highest BCUT2D eigenvalue weighted by atomic mass is 16.5. The molecule has 1 aliphatic heterocycles. The van der Waals surface area contributed by atoms with E-state index in [1.54, 1.807) is 38.5 Å². The van der Waals surface area contributed by atoms with Gasteiger partial charge in [0.15, 0.2) is 0 Å². The molecule has 1 fully saturated rings. The summed E-state index contributed by atoms with van der Waals surface area (Å²) in [4.78, 5) is 16.6. The molecule has 1 aromatic rings. The van der Waals surface area contributed by atoms with Gasteiger partial charge in [-0.15, -0.1) is 0 Å². The van der Waals surface area contributed by atoms with Crippen LogP contribution in [0.5, 0.6) is 5.75 Å². The van der Waals surface area contributed by atoms with Gasteiger partial charge in [0.2, 0.25) is 0 Å². The second-order valence-electron chi connectivity index (χ2n) is 5.30. The largest absolute Gasteiger partial charge is 0.497 e. The third-order valence-corrected chi connectivity index (χ3v) is 3.56. The Labute approximate surface area is 142 Å². The molecule has 0 unspecified atom stereocenters. The second kappa shape index (κ2) is 9.89. The highest BCUT2D eigenvalue weighted by molar-refractivity contribution is 6.04. The van der Waals surface area contributed by atoms with Crippen LogP contribution in [0.15, 0.2) is 29.3 Å². The van der Waals surface area contributed by atoms with E-state index in [-0.39, 0.29) is 18.0 Å². The van der Waals surface area contributed by atoms with Crippen LogP contribution in [-0.4, -0.2) is 58.6 Å². The number of carbonyl (C=O) groups excluding carboxylic acids is 1. The molecule has 132 valence electrons. The van der Waals surface area contributed by atoms with Crippen molar-refractivity contribution in [1.29, 1.82) is 0 Å². The van der Waals surface area contributed by atoms with Gasteiger partial charge in [0.1, 0.15) is 12.4 Å². The summed E-state index contributed by atoms with van der Waals surface area (Å²) < 4.78 is 21.1. The normalized spacial score (nSPS) is 17.6. The lowest BCUT2D eigenvalue weighted by atomic mass is 10.2. The number of methoxy groups -OCH3 is 2. The lowest BCUT2D eigenvalue weighted by Crippen LogP contribution is -2.34. The van der Waals surface area contributed by atoms with Gasteiger partial charge in [0.25, 0.3) is 11.9 Å². The van der Waals surface area contributed by atoms with Crippen molar-refractivity contribution in [3.8, 4) is 5.75 Å². The molecule has 2 rings (SSSR count). The lowest BCUT2D eigenvalue weighted by Gasteiger charge is -2.12. The Morgan fingerprint density at radius 2 is 2.08 bits per heavy atom. The van der Waals surface area contributed by atoms with Gasteiger partial charge in [-0.25, -0.2) is 4.99 Å². The fourth-order valence-electron chi connectivity index (χ4n) is 2.23. The van der Waals surface area contributed by atoms with Gasteiger partial charge in [-0.2, -0.15) is 0 Å². The quantitative estimate of drug-likeness (QED) is 0.465. The number of hydrogen-bond donors (Lipinski definition) is 1. The third-order valence-electron chi connectivity index (χ3n) is 3.56. The molecular formula is C17H24N2O5. The monoisotopic (exact) mass is 336 g/mol. The zero-order valence-electron chi connectivity index (χ0n) is 14.1. The molecule has 1 saturated heterocycles. The topological polar surface area (TPSA) is 78.4 Å². The molecule has 0 aliphatic carbocycles. The predicted molar refractivity (Wildman–Crippen MR) is 89.6 cm³/mol. The molecule has 1 amide bonds. The van der Waals surface area contributed by atoms with E-state index in [4.69, 9.17) is 18.9 Å². The van der Waals surface area contributed by atoms with Crippen LogP contribution < -0.4 is 10.1 Å². The van der Waals surface area contributed by atoms with Crippen molar-refractivity contribution >= 4 is 11.9 Å². The fraction of sp³-hybridized carbons (Fsp3) is 0.529. The number of benzene rings is 1. The number of rotatable bonds is 7. The molecule has 7 nitrogen and oxygen atoms in total. The Morgan fingerprint density at radius 3 is 2.71 bits per heavy atom. The lowest BCUT2D eigenvalue weighted by molar-refractivity contribution is 0.0949. The van der Waals surface area contributed by atoms with Crippen molar-refractivity contribution in [2.24, 2.45) is 4.99 Å². The molecular weight excluding hydrogens is 312 g/mol. The van der Waals surface area contributed by atoms with Crippen LogP contribution in [0.2, 0.25) is 0 Å². The maximum absolute atomic E-state index is 12.3.